The normalized spacial score (nSPS) is 10.2. The van der Waals surface area contributed by atoms with Crippen molar-refractivity contribution in [3.8, 4) is 6.07 Å². The Balaban J connectivity index is 3.03. The lowest BCUT2D eigenvalue weighted by atomic mass is 10.2. The lowest BCUT2D eigenvalue weighted by molar-refractivity contribution is -0.131. The highest BCUT2D eigenvalue weighted by molar-refractivity contribution is 5.85. The topological polar surface area (TPSA) is 78.9 Å². The van der Waals surface area contributed by atoms with E-state index in [1.807, 2.05) is 6.07 Å². The number of carbonyl (C=O) groups is 1. The monoisotopic (exact) mass is 177 g/mol. The zero-order valence-electron chi connectivity index (χ0n) is 6.93. The smallest absolute Gasteiger partial charge is 0.328 e. The van der Waals surface area contributed by atoms with E-state index < -0.39 is 5.97 Å². The van der Waals surface area contributed by atoms with Crippen LogP contribution in [0.4, 0.5) is 0 Å². The molecule has 0 aliphatic carbocycles. The van der Waals surface area contributed by atoms with E-state index in [9.17, 15) is 4.79 Å². The average Bonchev–Trinajstić information content (AvgIpc) is 2.42. The van der Waals surface area contributed by atoms with Crippen LogP contribution >= 0.6 is 0 Å². The Morgan fingerprint density at radius 3 is 3.08 bits per heavy atom. The molecule has 5 heteroatoms. The molecule has 0 unspecified atom stereocenters. The molecule has 0 radical (unpaired) electrons. The molecule has 5 nitrogen and oxygen atoms in total. The number of nitrogens with zero attached hydrogens (tertiary/aromatic N) is 3. The highest BCUT2D eigenvalue weighted by Gasteiger charge is 2.03. The molecule has 0 atom stereocenters. The van der Waals surface area contributed by atoms with E-state index in [-0.39, 0.29) is 0 Å². The van der Waals surface area contributed by atoms with Gasteiger partial charge in [0, 0.05) is 18.7 Å². The lowest BCUT2D eigenvalue weighted by Gasteiger charge is -1.89. The Morgan fingerprint density at radius 2 is 2.54 bits per heavy atom. The maximum atomic E-state index is 10.2. The van der Waals surface area contributed by atoms with Gasteiger partial charge >= 0.3 is 5.97 Å². The number of nitriles is 1. The third kappa shape index (κ3) is 1.93. The summed E-state index contributed by atoms with van der Waals surface area (Å²) < 4.78 is 1.39. The van der Waals surface area contributed by atoms with Crippen molar-refractivity contribution in [2.24, 2.45) is 7.05 Å². The first-order chi connectivity index (χ1) is 6.15. The van der Waals surface area contributed by atoms with Gasteiger partial charge in [0.1, 0.15) is 11.8 Å². The molecule has 1 heterocycles. The fraction of sp³-hybridized carbons (Fsp3) is 0.125. The van der Waals surface area contributed by atoms with Gasteiger partial charge in [0.2, 0.25) is 0 Å². The van der Waals surface area contributed by atoms with E-state index in [1.54, 1.807) is 7.05 Å². The van der Waals surface area contributed by atoms with Crippen molar-refractivity contribution < 1.29 is 9.90 Å². The zero-order chi connectivity index (χ0) is 9.84. The van der Waals surface area contributed by atoms with Gasteiger partial charge in [-0.05, 0) is 6.08 Å². The number of aromatic nitrogens is 2. The number of aliphatic carboxylic acids is 1. The molecule has 1 aromatic rings. The van der Waals surface area contributed by atoms with E-state index in [0.717, 1.165) is 6.08 Å². The molecule has 0 bridgehead atoms. The van der Waals surface area contributed by atoms with Gasteiger partial charge in [-0.3, -0.25) is 4.68 Å². The first-order valence-corrected chi connectivity index (χ1v) is 3.48. The van der Waals surface area contributed by atoms with Crippen LogP contribution in [-0.4, -0.2) is 20.9 Å². The highest BCUT2D eigenvalue weighted by Crippen LogP contribution is 2.07. The molecule has 13 heavy (non-hydrogen) atoms. The molecular formula is C8H7N3O2. The Hall–Kier alpha value is -2.09. The molecule has 1 aromatic heterocycles. The summed E-state index contributed by atoms with van der Waals surface area (Å²) in [6, 6.07) is 1.92. The van der Waals surface area contributed by atoms with E-state index in [0.29, 0.717) is 11.3 Å². The van der Waals surface area contributed by atoms with Crippen LogP contribution in [0.5, 0.6) is 0 Å². The number of hydrogen-bond donors (Lipinski definition) is 1. The van der Waals surface area contributed by atoms with Gasteiger partial charge in [0.25, 0.3) is 0 Å². The van der Waals surface area contributed by atoms with Crippen molar-refractivity contribution in [2.45, 2.75) is 0 Å². The van der Waals surface area contributed by atoms with Crippen molar-refractivity contribution in [3.63, 3.8) is 0 Å². The Morgan fingerprint density at radius 1 is 1.85 bits per heavy atom. The van der Waals surface area contributed by atoms with Crippen molar-refractivity contribution in [3.05, 3.63) is 23.5 Å². The van der Waals surface area contributed by atoms with Crippen LogP contribution in [0, 0.1) is 11.3 Å². The molecule has 0 aliphatic heterocycles. The number of aryl methyl sites for hydroxylation is 1. The predicted molar refractivity (Wildman–Crippen MR) is 44.6 cm³/mol. The SMILES string of the molecule is Cn1ncc(/C=C/C(=O)O)c1C#N. The maximum Gasteiger partial charge on any atom is 0.328 e. The predicted octanol–water partition coefficient (Wildman–Crippen LogP) is 0.390. The highest BCUT2D eigenvalue weighted by atomic mass is 16.4. The number of carboxylic acids is 1. The fourth-order valence-corrected chi connectivity index (χ4v) is 0.874. The first-order valence-electron chi connectivity index (χ1n) is 3.48. The molecule has 0 saturated carbocycles. The van der Waals surface area contributed by atoms with Gasteiger partial charge in [-0.2, -0.15) is 10.4 Å². The van der Waals surface area contributed by atoms with Crippen LogP contribution in [0.2, 0.25) is 0 Å². The fourth-order valence-electron chi connectivity index (χ4n) is 0.874. The maximum absolute atomic E-state index is 10.2. The first kappa shape index (κ1) is 9.00. The van der Waals surface area contributed by atoms with Crippen LogP contribution in [0.25, 0.3) is 6.08 Å². The van der Waals surface area contributed by atoms with Crippen molar-refractivity contribution in [1.29, 1.82) is 5.26 Å². The van der Waals surface area contributed by atoms with Gasteiger partial charge in [-0.25, -0.2) is 4.79 Å². The summed E-state index contributed by atoms with van der Waals surface area (Å²) >= 11 is 0. The average molecular weight is 177 g/mol. The van der Waals surface area contributed by atoms with Gasteiger partial charge < -0.3 is 5.11 Å². The van der Waals surface area contributed by atoms with Crippen LogP contribution in [0.3, 0.4) is 0 Å². The Bertz CT molecular complexity index is 398. The number of carboxylic acid groups (broad SMARTS) is 1. The second kappa shape index (κ2) is 3.54. The molecule has 0 saturated heterocycles. The van der Waals surface area contributed by atoms with Crippen molar-refractivity contribution >= 4 is 12.0 Å². The minimum Gasteiger partial charge on any atom is -0.478 e. The quantitative estimate of drug-likeness (QED) is 0.662. The molecule has 0 aromatic carbocycles. The minimum absolute atomic E-state index is 0.345. The summed E-state index contributed by atoms with van der Waals surface area (Å²) in [5, 5.41) is 20.8. The van der Waals surface area contributed by atoms with Gasteiger partial charge in [-0.1, -0.05) is 0 Å². The molecule has 66 valence electrons. The summed E-state index contributed by atoms with van der Waals surface area (Å²) in [5.41, 5.74) is 0.852. The minimum atomic E-state index is -1.05. The van der Waals surface area contributed by atoms with Crippen molar-refractivity contribution in [1.82, 2.24) is 9.78 Å². The van der Waals surface area contributed by atoms with E-state index in [4.69, 9.17) is 10.4 Å². The lowest BCUT2D eigenvalue weighted by Crippen LogP contribution is -1.94. The molecule has 1 N–H and O–H groups in total. The largest absolute Gasteiger partial charge is 0.478 e. The number of hydrogen-bond acceptors (Lipinski definition) is 3. The molecule has 0 amide bonds. The Labute approximate surface area is 74.5 Å². The molecule has 0 spiro atoms. The van der Waals surface area contributed by atoms with E-state index in [2.05, 4.69) is 5.10 Å². The molecule has 0 fully saturated rings. The molecule has 0 aliphatic rings. The van der Waals surface area contributed by atoms with Gasteiger partial charge in [0.05, 0.1) is 6.20 Å². The standard InChI is InChI=1S/C8H7N3O2/c1-11-7(4-9)6(5-10-11)2-3-8(12)13/h2-3,5H,1H3,(H,12,13)/b3-2+. The molecule has 1 rings (SSSR count). The van der Waals surface area contributed by atoms with E-state index in [1.165, 1.54) is 17.0 Å². The van der Waals surface area contributed by atoms with Gasteiger partial charge in [-0.15, -0.1) is 0 Å². The third-order valence-electron chi connectivity index (χ3n) is 1.48. The van der Waals surface area contributed by atoms with Crippen molar-refractivity contribution in [2.75, 3.05) is 0 Å². The number of rotatable bonds is 2. The summed E-state index contributed by atoms with van der Waals surface area (Å²) in [5.74, 6) is -1.05. The second-order valence-electron chi connectivity index (χ2n) is 2.36. The van der Waals surface area contributed by atoms with Crippen LogP contribution in [0.1, 0.15) is 11.3 Å². The summed E-state index contributed by atoms with van der Waals surface area (Å²) in [6.07, 6.45) is 3.75. The Kier molecular flexibility index (Phi) is 2.45. The third-order valence-corrected chi connectivity index (χ3v) is 1.48. The zero-order valence-corrected chi connectivity index (χ0v) is 6.93. The van der Waals surface area contributed by atoms with Gasteiger partial charge in [0.15, 0.2) is 0 Å². The summed E-state index contributed by atoms with van der Waals surface area (Å²) in [6.45, 7) is 0. The second-order valence-corrected chi connectivity index (χ2v) is 2.36. The van der Waals surface area contributed by atoms with Crippen LogP contribution < -0.4 is 0 Å². The summed E-state index contributed by atoms with van der Waals surface area (Å²) in [4.78, 5) is 10.2. The summed E-state index contributed by atoms with van der Waals surface area (Å²) in [7, 11) is 1.62. The van der Waals surface area contributed by atoms with Crippen LogP contribution in [0.15, 0.2) is 12.3 Å². The van der Waals surface area contributed by atoms with Crippen LogP contribution in [-0.2, 0) is 11.8 Å². The van der Waals surface area contributed by atoms with E-state index >= 15 is 0 Å². The molecular weight excluding hydrogens is 170 g/mol.